The van der Waals surface area contributed by atoms with Gasteiger partial charge in [0.1, 0.15) is 0 Å². The number of imidazole rings is 1. The van der Waals surface area contributed by atoms with Crippen LogP contribution in [0.1, 0.15) is 38.5 Å². The van der Waals surface area contributed by atoms with E-state index in [-0.39, 0.29) is 0 Å². The van der Waals surface area contributed by atoms with Crippen molar-refractivity contribution < 1.29 is 4.52 Å². The molecule has 0 bridgehead atoms. The van der Waals surface area contributed by atoms with E-state index in [4.69, 9.17) is 10.3 Å². The fraction of sp³-hybridized carbons (Fsp3) is 0.583. The molecular formula is C12H17N5O. The van der Waals surface area contributed by atoms with Gasteiger partial charge >= 0.3 is 0 Å². The van der Waals surface area contributed by atoms with Gasteiger partial charge in [-0.25, -0.2) is 4.98 Å². The fourth-order valence-electron chi connectivity index (χ4n) is 2.70. The van der Waals surface area contributed by atoms with Crippen LogP contribution in [0.3, 0.4) is 0 Å². The molecule has 0 aromatic carbocycles. The number of rotatable bonds is 2. The highest BCUT2D eigenvalue weighted by atomic mass is 16.5. The molecule has 2 atom stereocenters. The smallest absolute Gasteiger partial charge is 0.247 e. The lowest BCUT2D eigenvalue weighted by atomic mass is 9.77. The summed E-state index contributed by atoms with van der Waals surface area (Å²) in [5.41, 5.74) is 5.93. The molecule has 18 heavy (non-hydrogen) atoms. The second kappa shape index (κ2) is 4.20. The van der Waals surface area contributed by atoms with Crippen molar-refractivity contribution >= 4 is 0 Å². The van der Waals surface area contributed by atoms with E-state index in [1.807, 2.05) is 0 Å². The van der Waals surface area contributed by atoms with Gasteiger partial charge in [-0.3, -0.25) is 0 Å². The monoisotopic (exact) mass is 247 g/mol. The molecule has 96 valence electrons. The average Bonchev–Trinajstić information content (AvgIpc) is 3.00. The van der Waals surface area contributed by atoms with E-state index in [1.165, 1.54) is 6.42 Å². The molecule has 0 amide bonds. The van der Waals surface area contributed by atoms with Crippen LogP contribution in [0.5, 0.6) is 0 Å². The summed E-state index contributed by atoms with van der Waals surface area (Å²) in [6.07, 6.45) is 7.51. The van der Waals surface area contributed by atoms with Crippen molar-refractivity contribution in [2.24, 2.45) is 11.7 Å². The van der Waals surface area contributed by atoms with Crippen LogP contribution in [0.15, 0.2) is 16.9 Å². The lowest BCUT2D eigenvalue weighted by Crippen LogP contribution is -2.41. The summed E-state index contributed by atoms with van der Waals surface area (Å²) >= 11 is 0. The Morgan fingerprint density at radius 3 is 3.17 bits per heavy atom. The third kappa shape index (κ3) is 1.92. The summed E-state index contributed by atoms with van der Waals surface area (Å²) < 4.78 is 5.33. The number of nitrogens with zero attached hydrogens (tertiary/aromatic N) is 3. The van der Waals surface area contributed by atoms with Gasteiger partial charge in [-0.1, -0.05) is 24.9 Å². The van der Waals surface area contributed by atoms with E-state index in [9.17, 15) is 0 Å². The van der Waals surface area contributed by atoms with Crippen molar-refractivity contribution in [2.75, 3.05) is 0 Å². The number of hydrogen-bond donors (Lipinski definition) is 2. The van der Waals surface area contributed by atoms with Crippen LogP contribution in [0.2, 0.25) is 0 Å². The van der Waals surface area contributed by atoms with Crippen molar-refractivity contribution in [3.63, 3.8) is 0 Å². The molecule has 1 fully saturated rings. The topological polar surface area (TPSA) is 93.6 Å². The van der Waals surface area contributed by atoms with Crippen molar-refractivity contribution in [3.05, 3.63) is 18.3 Å². The normalized spacial score (nSPS) is 28.4. The minimum Gasteiger partial charge on any atom is -0.342 e. The molecule has 0 radical (unpaired) electrons. The Balaban J connectivity index is 1.88. The third-order valence-corrected chi connectivity index (χ3v) is 3.59. The summed E-state index contributed by atoms with van der Waals surface area (Å²) in [6, 6.07) is 0. The summed E-state index contributed by atoms with van der Waals surface area (Å²) in [4.78, 5) is 11.4. The predicted molar refractivity (Wildman–Crippen MR) is 65.4 cm³/mol. The van der Waals surface area contributed by atoms with E-state index in [0.717, 1.165) is 19.3 Å². The summed E-state index contributed by atoms with van der Waals surface area (Å²) in [5, 5.41) is 3.94. The fourth-order valence-corrected chi connectivity index (χ4v) is 2.70. The Kier molecular flexibility index (Phi) is 2.66. The molecule has 0 aliphatic heterocycles. The minimum absolute atomic E-state index is 0.470. The average molecular weight is 247 g/mol. The highest BCUT2D eigenvalue weighted by molar-refractivity contribution is 5.41. The first kappa shape index (κ1) is 11.4. The largest absolute Gasteiger partial charge is 0.342 e. The number of nitrogens with two attached hydrogens (primary N) is 1. The Hall–Kier alpha value is -1.69. The van der Waals surface area contributed by atoms with Crippen molar-refractivity contribution in [3.8, 4) is 11.6 Å². The molecule has 2 aromatic heterocycles. The molecule has 0 spiro atoms. The summed E-state index contributed by atoms with van der Waals surface area (Å²) in [7, 11) is 0. The highest BCUT2D eigenvalue weighted by Gasteiger charge is 2.38. The van der Waals surface area contributed by atoms with Gasteiger partial charge in [-0.15, -0.1) is 0 Å². The van der Waals surface area contributed by atoms with Gasteiger partial charge in [0.05, 0.1) is 5.54 Å². The molecule has 6 heteroatoms. The molecule has 1 aliphatic carbocycles. The second-order valence-corrected chi connectivity index (χ2v) is 5.22. The van der Waals surface area contributed by atoms with Crippen molar-refractivity contribution in [2.45, 2.75) is 38.1 Å². The Bertz CT molecular complexity index is 520. The number of H-pyrrole nitrogens is 1. The number of aromatic amines is 1. The lowest BCUT2D eigenvalue weighted by molar-refractivity contribution is 0.183. The molecule has 6 nitrogen and oxygen atoms in total. The second-order valence-electron chi connectivity index (χ2n) is 5.22. The van der Waals surface area contributed by atoms with Crippen LogP contribution in [-0.4, -0.2) is 20.1 Å². The van der Waals surface area contributed by atoms with Crippen LogP contribution < -0.4 is 5.73 Å². The SMILES string of the molecule is CC1CCCC(N)(c2nc(-c3ncc[nH]3)no2)C1. The van der Waals surface area contributed by atoms with Gasteiger partial charge < -0.3 is 15.2 Å². The first-order valence-corrected chi connectivity index (χ1v) is 6.30. The molecule has 2 heterocycles. The van der Waals surface area contributed by atoms with Crippen molar-refractivity contribution in [1.82, 2.24) is 20.1 Å². The van der Waals surface area contributed by atoms with Crippen LogP contribution >= 0.6 is 0 Å². The molecule has 0 saturated heterocycles. The Morgan fingerprint density at radius 1 is 1.56 bits per heavy atom. The van der Waals surface area contributed by atoms with Crippen LogP contribution in [0.25, 0.3) is 11.6 Å². The third-order valence-electron chi connectivity index (χ3n) is 3.59. The van der Waals surface area contributed by atoms with Gasteiger partial charge in [-0.05, 0) is 18.8 Å². The molecule has 1 aliphatic rings. The van der Waals surface area contributed by atoms with E-state index in [2.05, 4.69) is 27.0 Å². The summed E-state index contributed by atoms with van der Waals surface area (Å²) in [5.74, 6) is 2.21. The van der Waals surface area contributed by atoms with Gasteiger partial charge in [-0.2, -0.15) is 4.98 Å². The molecule has 3 N–H and O–H groups in total. The lowest BCUT2D eigenvalue weighted by Gasteiger charge is -2.33. The zero-order valence-electron chi connectivity index (χ0n) is 10.4. The maximum atomic E-state index is 6.41. The first-order chi connectivity index (χ1) is 8.67. The zero-order valence-corrected chi connectivity index (χ0v) is 10.4. The number of nitrogens with one attached hydrogen (secondary N) is 1. The van der Waals surface area contributed by atoms with E-state index >= 15 is 0 Å². The first-order valence-electron chi connectivity index (χ1n) is 6.30. The maximum Gasteiger partial charge on any atom is 0.247 e. The summed E-state index contributed by atoms with van der Waals surface area (Å²) in [6.45, 7) is 2.21. The van der Waals surface area contributed by atoms with E-state index in [1.54, 1.807) is 12.4 Å². The Morgan fingerprint density at radius 2 is 2.44 bits per heavy atom. The van der Waals surface area contributed by atoms with Gasteiger partial charge in [0.2, 0.25) is 11.7 Å². The quantitative estimate of drug-likeness (QED) is 0.844. The predicted octanol–water partition coefficient (Wildman–Crippen LogP) is 1.82. The zero-order chi connectivity index (χ0) is 12.6. The molecular weight excluding hydrogens is 230 g/mol. The van der Waals surface area contributed by atoms with E-state index in [0.29, 0.717) is 23.5 Å². The van der Waals surface area contributed by atoms with Crippen molar-refractivity contribution in [1.29, 1.82) is 0 Å². The Labute approximate surface area is 105 Å². The highest BCUT2D eigenvalue weighted by Crippen LogP contribution is 2.37. The van der Waals surface area contributed by atoms with Gasteiger partial charge in [0.15, 0.2) is 5.82 Å². The van der Waals surface area contributed by atoms with Crippen LogP contribution in [0.4, 0.5) is 0 Å². The molecule has 3 rings (SSSR count). The van der Waals surface area contributed by atoms with Gasteiger partial charge in [0, 0.05) is 12.4 Å². The number of hydrogen-bond acceptors (Lipinski definition) is 5. The van der Waals surface area contributed by atoms with Gasteiger partial charge in [0.25, 0.3) is 0 Å². The molecule has 2 aromatic rings. The minimum atomic E-state index is -0.477. The molecule has 1 saturated carbocycles. The van der Waals surface area contributed by atoms with E-state index < -0.39 is 5.54 Å². The standard InChI is InChI=1S/C12H17N5O/c1-8-3-2-4-12(13,7-8)11-16-10(17-18-11)9-14-5-6-15-9/h5-6,8H,2-4,7,13H2,1H3,(H,14,15). The van der Waals surface area contributed by atoms with Crippen LogP contribution in [-0.2, 0) is 5.54 Å². The maximum absolute atomic E-state index is 6.41. The van der Waals surface area contributed by atoms with Crippen LogP contribution in [0, 0.1) is 5.92 Å². The number of aromatic nitrogens is 4. The molecule has 2 unspecified atom stereocenters.